The van der Waals surface area contributed by atoms with Gasteiger partial charge in [0, 0.05) is 12.1 Å². The van der Waals surface area contributed by atoms with Gasteiger partial charge in [0.1, 0.15) is 5.75 Å². The van der Waals surface area contributed by atoms with Crippen LogP contribution < -0.4 is 14.8 Å². The van der Waals surface area contributed by atoms with Crippen LogP contribution in [0.5, 0.6) is 11.5 Å². The number of hydrogen-bond acceptors (Lipinski definition) is 6. The summed E-state index contributed by atoms with van der Waals surface area (Å²) in [5.74, 6) is -2.73. The summed E-state index contributed by atoms with van der Waals surface area (Å²) < 4.78 is 46.3. The number of ether oxygens (including phenoxy) is 3. The van der Waals surface area contributed by atoms with Crippen molar-refractivity contribution in [1.82, 2.24) is 10.4 Å². The van der Waals surface area contributed by atoms with Crippen molar-refractivity contribution >= 4 is 17.8 Å². The zero-order valence-electron chi connectivity index (χ0n) is 24.3. The summed E-state index contributed by atoms with van der Waals surface area (Å²) in [5, 5.41) is 3.30. The lowest BCUT2D eigenvalue weighted by atomic mass is 9.75. The minimum Gasteiger partial charge on any atom is -0.496 e. The first-order valence-corrected chi connectivity index (χ1v) is 14.3. The summed E-state index contributed by atoms with van der Waals surface area (Å²) in [6, 6.07) is 1.34. The average molecular weight is 565 g/mol. The maximum Gasteiger partial charge on any atom is 0.311 e. The molecule has 1 aromatic carbocycles. The predicted octanol–water partition coefficient (Wildman–Crippen LogP) is 5.24. The van der Waals surface area contributed by atoms with Crippen molar-refractivity contribution in [3.63, 3.8) is 0 Å². The van der Waals surface area contributed by atoms with E-state index in [1.165, 1.54) is 20.3 Å². The second-order valence-corrected chi connectivity index (χ2v) is 12.3. The molecule has 3 saturated carbocycles. The zero-order chi connectivity index (χ0) is 29.4. The highest BCUT2D eigenvalue weighted by Gasteiger charge is 2.53. The summed E-state index contributed by atoms with van der Waals surface area (Å²) in [6.07, 6.45) is 4.24. The van der Waals surface area contributed by atoms with Crippen LogP contribution in [0.4, 0.5) is 8.87 Å². The fourth-order valence-electron chi connectivity index (χ4n) is 6.64. The minimum absolute atomic E-state index is 0.0106. The van der Waals surface area contributed by atoms with Gasteiger partial charge in [0.2, 0.25) is 0 Å². The third-order valence-corrected chi connectivity index (χ3v) is 9.54. The lowest BCUT2D eigenvalue weighted by molar-refractivity contribution is -0.161. The molecule has 3 fully saturated rings. The number of nitrogens with zero attached hydrogens (tertiary/aromatic N) is 1. The number of halogens is 2. The highest BCUT2D eigenvalue weighted by Crippen LogP contribution is 2.49. The molecule has 4 rings (SSSR count). The van der Waals surface area contributed by atoms with Crippen molar-refractivity contribution in [3.8, 4) is 11.5 Å². The first kappa shape index (κ1) is 30.1. The molecular formula is C30H42F2N2O6. The Balaban J connectivity index is 1.50. The third-order valence-electron chi connectivity index (χ3n) is 9.54. The number of amides is 2. The molecule has 0 aliphatic heterocycles. The SMILES string of the molecule is COC(=O)C1(C)CCC(Oc2cc(C(=O)N[C@@H]3[C@H]4CC[C@H](C4)[C@@H]3C(=O)N(F)[C@H](C)C(C)C)c(OC)cc2F)CC1. The van der Waals surface area contributed by atoms with Crippen LogP contribution in [-0.2, 0) is 14.3 Å². The second kappa shape index (κ2) is 11.9. The van der Waals surface area contributed by atoms with E-state index in [4.69, 9.17) is 14.2 Å². The Morgan fingerprint density at radius 3 is 2.27 bits per heavy atom. The molecule has 0 unspecified atom stereocenters. The van der Waals surface area contributed by atoms with Gasteiger partial charge >= 0.3 is 5.97 Å². The Kier molecular flexibility index (Phi) is 8.95. The van der Waals surface area contributed by atoms with Crippen molar-refractivity contribution in [2.45, 2.75) is 90.8 Å². The molecule has 1 aromatic rings. The lowest BCUT2D eigenvalue weighted by Crippen LogP contribution is -2.51. The van der Waals surface area contributed by atoms with Crippen LogP contribution in [-0.4, -0.2) is 55.3 Å². The summed E-state index contributed by atoms with van der Waals surface area (Å²) in [7, 11) is 2.71. The third kappa shape index (κ3) is 5.77. The monoisotopic (exact) mass is 564 g/mol. The highest BCUT2D eigenvalue weighted by molar-refractivity contribution is 5.98. The van der Waals surface area contributed by atoms with Gasteiger partial charge in [0.15, 0.2) is 11.6 Å². The number of methoxy groups -OCH3 is 2. The van der Waals surface area contributed by atoms with Crippen molar-refractivity contribution in [1.29, 1.82) is 0 Å². The van der Waals surface area contributed by atoms with E-state index in [9.17, 15) is 18.8 Å². The van der Waals surface area contributed by atoms with Crippen LogP contribution in [0.25, 0.3) is 0 Å². The summed E-state index contributed by atoms with van der Waals surface area (Å²) in [5.41, 5.74) is -0.523. The molecule has 0 heterocycles. The van der Waals surface area contributed by atoms with Gasteiger partial charge in [-0.3, -0.25) is 14.4 Å². The molecule has 3 aliphatic rings. The normalized spacial score (nSPS) is 30.1. The van der Waals surface area contributed by atoms with Crippen LogP contribution in [0.15, 0.2) is 12.1 Å². The topological polar surface area (TPSA) is 94.2 Å². The Morgan fingerprint density at radius 2 is 1.68 bits per heavy atom. The largest absolute Gasteiger partial charge is 0.496 e. The Morgan fingerprint density at radius 1 is 1.02 bits per heavy atom. The fourth-order valence-corrected chi connectivity index (χ4v) is 6.64. The van der Waals surface area contributed by atoms with E-state index in [-0.39, 0.29) is 46.9 Å². The van der Waals surface area contributed by atoms with Crippen LogP contribution in [0.2, 0.25) is 0 Å². The maximum absolute atomic E-state index is 15.1. The van der Waals surface area contributed by atoms with E-state index >= 15 is 4.48 Å². The molecule has 2 amide bonds. The highest BCUT2D eigenvalue weighted by atomic mass is 19.2. The molecule has 2 bridgehead atoms. The number of fused-ring (bicyclic) bond motifs is 2. The number of nitrogens with one attached hydrogen (secondary N) is 1. The van der Waals surface area contributed by atoms with Gasteiger partial charge in [-0.1, -0.05) is 18.3 Å². The molecule has 40 heavy (non-hydrogen) atoms. The molecule has 1 N–H and O–H groups in total. The van der Waals surface area contributed by atoms with Gasteiger partial charge in [-0.05, 0) is 82.6 Å². The first-order valence-electron chi connectivity index (χ1n) is 14.3. The number of benzene rings is 1. The molecule has 10 heteroatoms. The van der Waals surface area contributed by atoms with E-state index in [1.54, 1.807) is 6.92 Å². The van der Waals surface area contributed by atoms with Gasteiger partial charge < -0.3 is 19.5 Å². The van der Waals surface area contributed by atoms with Crippen LogP contribution >= 0.6 is 0 Å². The van der Waals surface area contributed by atoms with Gasteiger partial charge in [-0.2, -0.15) is 5.12 Å². The van der Waals surface area contributed by atoms with E-state index in [0.717, 1.165) is 25.3 Å². The van der Waals surface area contributed by atoms with E-state index in [0.29, 0.717) is 30.8 Å². The van der Waals surface area contributed by atoms with Crippen molar-refractivity contribution in [2.24, 2.45) is 29.1 Å². The molecule has 0 aromatic heterocycles. The molecule has 8 nitrogen and oxygen atoms in total. The molecular weight excluding hydrogens is 522 g/mol. The molecule has 3 aliphatic carbocycles. The van der Waals surface area contributed by atoms with Crippen molar-refractivity contribution in [3.05, 3.63) is 23.5 Å². The van der Waals surface area contributed by atoms with Gasteiger partial charge in [0.05, 0.1) is 43.3 Å². The van der Waals surface area contributed by atoms with E-state index < -0.39 is 41.0 Å². The Hall–Kier alpha value is -2.91. The molecule has 0 saturated heterocycles. The molecule has 5 atom stereocenters. The fraction of sp³-hybridized carbons (Fsp3) is 0.700. The standard InChI is InChI=1S/C30H42F2N2O6/c1-16(2)17(3)34(32)28(36)25-18-7-8-19(13-18)26(25)33-27(35)21-14-24(22(31)15-23(21)38-5)40-20-9-11-30(4,12-10-20)29(37)39-6/h14-20,25-26H,7-13H2,1-6H3,(H,33,35)/t17-,18-,19+,20?,25+,26-,30?/m1/s1. The number of rotatable bonds is 9. The zero-order valence-corrected chi connectivity index (χ0v) is 24.3. The number of carbonyl (C=O) groups excluding carboxylic acids is 3. The lowest BCUT2D eigenvalue weighted by Gasteiger charge is -2.35. The van der Waals surface area contributed by atoms with Crippen LogP contribution in [0.1, 0.15) is 83.0 Å². The maximum atomic E-state index is 15.1. The van der Waals surface area contributed by atoms with Gasteiger partial charge in [-0.15, -0.1) is 0 Å². The Labute approximate surface area is 235 Å². The van der Waals surface area contributed by atoms with Crippen molar-refractivity contribution < 1.29 is 37.5 Å². The van der Waals surface area contributed by atoms with E-state index in [1.807, 2.05) is 20.8 Å². The first-order chi connectivity index (χ1) is 18.9. The number of hydrogen-bond donors (Lipinski definition) is 1. The van der Waals surface area contributed by atoms with Gasteiger partial charge in [-0.25, -0.2) is 4.39 Å². The molecule has 0 radical (unpaired) electrons. The second-order valence-electron chi connectivity index (χ2n) is 12.3. The minimum atomic E-state index is -0.668. The molecule has 0 spiro atoms. The summed E-state index contributed by atoms with van der Waals surface area (Å²) in [6.45, 7) is 7.24. The predicted molar refractivity (Wildman–Crippen MR) is 144 cm³/mol. The molecule has 222 valence electrons. The van der Waals surface area contributed by atoms with Crippen molar-refractivity contribution in [2.75, 3.05) is 14.2 Å². The average Bonchev–Trinajstić information content (AvgIpc) is 3.55. The van der Waals surface area contributed by atoms with Crippen LogP contribution in [0, 0.1) is 34.9 Å². The summed E-state index contributed by atoms with van der Waals surface area (Å²) >= 11 is 0. The summed E-state index contributed by atoms with van der Waals surface area (Å²) in [4.78, 5) is 38.9. The van der Waals surface area contributed by atoms with Crippen LogP contribution in [0.3, 0.4) is 0 Å². The van der Waals surface area contributed by atoms with Gasteiger partial charge in [0.25, 0.3) is 11.8 Å². The van der Waals surface area contributed by atoms with E-state index in [2.05, 4.69) is 5.32 Å². The smallest absolute Gasteiger partial charge is 0.311 e. The Bertz CT molecular complexity index is 1120. The quantitative estimate of drug-likeness (QED) is 0.326. The number of carbonyl (C=O) groups is 3. The number of esters is 1.